The predicted molar refractivity (Wildman–Crippen MR) is 35.4 cm³/mol. The van der Waals surface area contributed by atoms with Gasteiger partial charge in [0.1, 0.15) is 0 Å². The van der Waals surface area contributed by atoms with Gasteiger partial charge in [0.15, 0.2) is 0 Å². The number of hydrogen-bond acceptors (Lipinski definition) is 1. The lowest BCUT2D eigenvalue weighted by Gasteiger charge is -1.95. The zero-order valence-corrected chi connectivity index (χ0v) is 5.59. The average molecular weight is 114 g/mol. The summed E-state index contributed by atoms with van der Waals surface area (Å²) < 4.78 is 0. The molecule has 1 atom stereocenters. The first-order valence-electron chi connectivity index (χ1n) is 2.62. The summed E-state index contributed by atoms with van der Waals surface area (Å²) in [6, 6.07) is 0. The van der Waals surface area contributed by atoms with Crippen LogP contribution < -0.4 is 0 Å². The smallest absolute Gasteiger partial charge is 0.00975 e. The maximum Gasteiger partial charge on any atom is 0.00975 e. The van der Waals surface area contributed by atoms with E-state index < -0.39 is 0 Å². The molecule has 0 nitrogen and oxygen atoms in total. The Morgan fingerprint density at radius 2 is 2.57 bits per heavy atom. The number of rotatable bonds is 0. The molecule has 0 amide bonds. The molecule has 0 bridgehead atoms. The van der Waals surface area contributed by atoms with Crippen molar-refractivity contribution < 1.29 is 0 Å². The van der Waals surface area contributed by atoms with E-state index in [1.807, 2.05) is 11.8 Å². The first kappa shape index (κ1) is 5.23. The molecule has 1 aliphatic rings. The van der Waals surface area contributed by atoms with E-state index in [0.717, 1.165) is 5.25 Å². The van der Waals surface area contributed by atoms with Crippen LogP contribution in [-0.4, -0.2) is 5.25 Å². The Morgan fingerprint density at radius 1 is 1.86 bits per heavy atom. The van der Waals surface area contributed by atoms with Gasteiger partial charge in [-0.25, -0.2) is 0 Å². The van der Waals surface area contributed by atoms with Crippen LogP contribution in [-0.2, 0) is 0 Å². The lowest BCUT2D eigenvalue weighted by Crippen LogP contribution is -1.83. The maximum absolute atomic E-state index is 2.30. The molecule has 1 heteroatoms. The second-order valence-corrected chi connectivity index (χ2v) is 3.66. The van der Waals surface area contributed by atoms with E-state index in [0.29, 0.717) is 0 Å². The SMILES string of the molecule is CC1=CC[C@@H](C)S1. The molecule has 0 radical (unpaired) electrons. The Labute approximate surface area is 49.0 Å². The van der Waals surface area contributed by atoms with E-state index in [-0.39, 0.29) is 0 Å². The van der Waals surface area contributed by atoms with Crippen molar-refractivity contribution in [2.45, 2.75) is 25.5 Å². The van der Waals surface area contributed by atoms with Gasteiger partial charge in [0, 0.05) is 5.25 Å². The van der Waals surface area contributed by atoms with Crippen LogP contribution in [0.25, 0.3) is 0 Å². The second kappa shape index (κ2) is 1.91. The number of hydrogen-bond donors (Lipinski definition) is 0. The van der Waals surface area contributed by atoms with Gasteiger partial charge >= 0.3 is 0 Å². The van der Waals surface area contributed by atoms with E-state index in [4.69, 9.17) is 0 Å². The fourth-order valence-electron chi connectivity index (χ4n) is 0.745. The third-order valence-electron chi connectivity index (χ3n) is 1.12. The minimum atomic E-state index is 0.847. The van der Waals surface area contributed by atoms with Crippen LogP contribution in [0.2, 0.25) is 0 Å². The molecular weight excluding hydrogens is 104 g/mol. The van der Waals surface area contributed by atoms with E-state index in [1.165, 1.54) is 11.3 Å². The van der Waals surface area contributed by atoms with Crippen molar-refractivity contribution in [1.29, 1.82) is 0 Å². The number of allylic oxidation sites excluding steroid dienone is 2. The Balaban J connectivity index is 2.42. The monoisotopic (exact) mass is 114 g/mol. The van der Waals surface area contributed by atoms with Gasteiger partial charge in [-0.3, -0.25) is 0 Å². The van der Waals surface area contributed by atoms with Crippen molar-refractivity contribution in [1.82, 2.24) is 0 Å². The molecule has 1 aliphatic heterocycles. The fourth-order valence-corrected chi connectivity index (χ4v) is 1.77. The summed E-state index contributed by atoms with van der Waals surface area (Å²) in [5.74, 6) is 0. The largest absolute Gasteiger partial charge is 0.128 e. The van der Waals surface area contributed by atoms with Gasteiger partial charge in [0.05, 0.1) is 0 Å². The summed E-state index contributed by atoms with van der Waals surface area (Å²) in [7, 11) is 0. The molecule has 0 fully saturated rings. The van der Waals surface area contributed by atoms with Gasteiger partial charge in [0.2, 0.25) is 0 Å². The highest BCUT2D eigenvalue weighted by molar-refractivity contribution is 8.03. The highest BCUT2D eigenvalue weighted by atomic mass is 32.2. The van der Waals surface area contributed by atoms with E-state index in [9.17, 15) is 0 Å². The first-order chi connectivity index (χ1) is 3.29. The molecule has 0 aromatic rings. The predicted octanol–water partition coefficient (Wildman–Crippen LogP) is 2.42. The molecule has 0 N–H and O–H groups in total. The van der Waals surface area contributed by atoms with Crippen LogP contribution in [0.1, 0.15) is 20.3 Å². The van der Waals surface area contributed by atoms with Crippen molar-refractivity contribution in [2.24, 2.45) is 0 Å². The number of thioether (sulfide) groups is 1. The molecule has 7 heavy (non-hydrogen) atoms. The Hall–Kier alpha value is 0.0900. The Bertz CT molecular complexity index is 94.4. The summed E-state index contributed by atoms with van der Waals surface area (Å²) >= 11 is 1.98. The van der Waals surface area contributed by atoms with Crippen LogP contribution >= 0.6 is 11.8 Å². The molecule has 40 valence electrons. The molecule has 0 unspecified atom stereocenters. The molecule has 0 aliphatic carbocycles. The summed E-state index contributed by atoms with van der Waals surface area (Å²) in [6.45, 7) is 4.44. The van der Waals surface area contributed by atoms with Gasteiger partial charge in [0.25, 0.3) is 0 Å². The fraction of sp³-hybridized carbons (Fsp3) is 0.667. The Kier molecular flexibility index (Phi) is 1.43. The topological polar surface area (TPSA) is 0 Å². The molecule has 0 saturated carbocycles. The standard InChI is InChI=1S/C6H10S/c1-5-3-4-6(2)7-5/h3,6H,4H2,1-2H3/t6-/m1/s1. The molecule has 0 saturated heterocycles. The molecular formula is C6H10S. The first-order valence-corrected chi connectivity index (χ1v) is 3.50. The van der Waals surface area contributed by atoms with Crippen LogP contribution in [0.5, 0.6) is 0 Å². The van der Waals surface area contributed by atoms with Crippen molar-refractivity contribution >= 4 is 11.8 Å². The molecule has 1 heterocycles. The molecule has 0 aromatic carbocycles. The minimum Gasteiger partial charge on any atom is -0.128 e. The zero-order chi connectivity index (χ0) is 5.28. The van der Waals surface area contributed by atoms with E-state index in [1.54, 1.807) is 0 Å². The molecule has 0 aromatic heterocycles. The second-order valence-electron chi connectivity index (χ2n) is 1.98. The third kappa shape index (κ3) is 1.23. The Morgan fingerprint density at radius 3 is 2.71 bits per heavy atom. The quantitative estimate of drug-likeness (QED) is 0.466. The maximum atomic E-state index is 2.30. The van der Waals surface area contributed by atoms with Crippen molar-refractivity contribution in [3.8, 4) is 0 Å². The minimum absolute atomic E-state index is 0.847. The van der Waals surface area contributed by atoms with E-state index in [2.05, 4.69) is 19.9 Å². The van der Waals surface area contributed by atoms with Crippen LogP contribution in [0.3, 0.4) is 0 Å². The summed E-state index contributed by atoms with van der Waals surface area (Å²) in [5.41, 5.74) is 0. The van der Waals surface area contributed by atoms with Gasteiger partial charge in [-0.2, -0.15) is 0 Å². The summed E-state index contributed by atoms with van der Waals surface area (Å²) in [5, 5.41) is 0.847. The third-order valence-corrected chi connectivity index (χ3v) is 2.26. The van der Waals surface area contributed by atoms with Gasteiger partial charge in [-0.15, -0.1) is 11.8 Å². The highest BCUT2D eigenvalue weighted by Crippen LogP contribution is 2.30. The average Bonchev–Trinajstić information content (AvgIpc) is 1.87. The van der Waals surface area contributed by atoms with Crippen LogP contribution in [0.4, 0.5) is 0 Å². The van der Waals surface area contributed by atoms with Crippen molar-refractivity contribution in [2.75, 3.05) is 0 Å². The lowest BCUT2D eigenvalue weighted by molar-refractivity contribution is 1.00. The van der Waals surface area contributed by atoms with Gasteiger partial charge in [-0.1, -0.05) is 13.0 Å². The molecule has 0 spiro atoms. The molecule has 1 rings (SSSR count). The summed E-state index contributed by atoms with van der Waals surface area (Å²) in [6.07, 6.45) is 3.58. The van der Waals surface area contributed by atoms with Crippen LogP contribution in [0, 0.1) is 0 Å². The van der Waals surface area contributed by atoms with Crippen molar-refractivity contribution in [3.05, 3.63) is 11.0 Å². The normalized spacial score (nSPS) is 30.6. The summed E-state index contributed by atoms with van der Waals surface area (Å²) in [4.78, 5) is 1.49. The van der Waals surface area contributed by atoms with Gasteiger partial charge < -0.3 is 0 Å². The van der Waals surface area contributed by atoms with Crippen LogP contribution in [0.15, 0.2) is 11.0 Å². The van der Waals surface area contributed by atoms with Gasteiger partial charge in [-0.05, 0) is 18.2 Å². The highest BCUT2D eigenvalue weighted by Gasteiger charge is 2.07. The zero-order valence-electron chi connectivity index (χ0n) is 4.77. The lowest BCUT2D eigenvalue weighted by atomic mass is 10.3. The van der Waals surface area contributed by atoms with Crippen molar-refractivity contribution in [3.63, 3.8) is 0 Å². The van der Waals surface area contributed by atoms with E-state index >= 15 is 0 Å².